The molecule has 0 rings (SSSR count). The maximum Gasteiger partial charge on any atom is 0.0697 e. The lowest BCUT2D eigenvalue weighted by molar-refractivity contribution is 0.0911. The highest BCUT2D eigenvalue weighted by atomic mass is 16.5. The van der Waals surface area contributed by atoms with Crippen LogP contribution in [0.2, 0.25) is 0 Å². The summed E-state index contributed by atoms with van der Waals surface area (Å²) in [6, 6.07) is 0. The Morgan fingerprint density at radius 2 is 1.50 bits per heavy atom. The highest BCUT2D eigenvalue weighted by molar-refractivity contribution is 4.38. The van der Waals surface area contributed by atoms with E-state index >= 15 is 0 Å². The molecule has 0 aromatic heterocycles. The van der Waals surface area contributed by atoms with Gasteiger partial charge in [0.15, 0.2) is 0 Å². The van der Waals surface area contributed by atoms with Crippen LogP contribution in [0.25, 0.3) is 0 Å². The molecule has 75 valence electrons. The molecule has 0 spiro atoms. The molecule has 0 aliphatic heterocycles. The van der Waals surface area contributed by atoms with Crippen LogP contribution >= 0.6 is 0 Å². The second-order valence-electron chi connectivity index (χ2n) is 1.99. The van der Waals surface area contributed by atoms with Crippen molar-refractivity contribution in [1.82, 2.24) is 0 Å². The van der Waals surface area contributed by atoms with Gasteiger partial charge in [-0.1, -0.05) is 13.3 Å². The molecule has 3 N–H and O–H groups in total. The van der Waals surface area contributed by atoms with E-state index in [1.54, 1.807) is 0 Å². The highest BCUT2D eigenvalue weighted by Gasteiger charge is 1.82. The third-order valence-electron chi connectivity index (χ3n) is 0.874. The van der Waals surface area contributed by atoms with Crippen LogP contribution < -0.4 is 0 Å². The molecule has 0 unspecified atom stereocenters. The lowest BCUT2D eigenvalue weighted by atomic mass is 10.4. The monoisotopic (exact) mass is 179 g/mol. The quantitative estimate of drug-likeness (QED) is 0.484. The second-order valence-corrected chi connectivity index (χ2v) is 1.99. The van der Waals surface area contributed by atoms with Crippen molar-refractivity contribution in [2.75, 3.05) is 33.0 Å². The molecule has 0 heterocycles. The molecule has 0 saturated heterocycles. The van der Waals surface area contributed by atoms with Crippen LogP contribution in [0, 0.1) is 6.92 Å². The summed E-state index contributed by atoms with van der Waals surface area (Å²) < 4.78 is 4.93. The zero-order valence-corrected chi connectivity index (χ0v) is 7.41. The maximum absolute atomic E-state index is 8.22. The molecule has 0 fully saturated rings. The first-order valence-corrected chi connectivity index (χ1v) is 4.03. The molecule has 0 aliphatic carbocycles. The Morgan fingerprint density at radius 3 is 1.83 bits per heavy atom. The van der Waals surface area contributed by atoms with Crippen molar-refractivity contribution in [2.24, 2.45) is 0 Å². The van der Waals surface area contributed by atoms with E-state index in [1.165, 1.54) is 0 Å². The summed E-state index contributed by atoms with van der Waals surface area (Å²) in [4.78, 5) is 0. The van der Waals surface area contributed by atoms with E-state index in [4.69, 9.17) is 20.1 Å². The molecule has 4 nitrogen and oxygen atoms in total. The van der Waals surface area contributed by atoms with Gasteiger partial charge in [-0.25, -0.2) is 0 Å². The van der Waals surface area contributed by atoms with Gasteiger partial charge in [0.1, 0.15) is 0 Å². The number of rotatable bonds is 6. The number of aliphatic hydroxyl groups excluding tert-OH is 3. The first-order valence-electron chi connectivity index (χ1n) is 4.03. The number of aliphatic hydroxyl groups is 3. The Hall–Kier alpha value is -0.160. The lowest BCUT2D eigenvalue weighted by Crippen LogP contribution is -1.99. The van der Waals surface area contributed by atoms with Crippen LogP contribution in [0.1, 0.15) is 12.8 Å². The van der Waals surface area contributed by atoms with Crippen LogP contribution in [0.3, 0.4) is 0 Å². The SMILES string of the molecule is OCCO.[CH2]CCCOCCO. The Kier molecular flexibility index (Phi) is 20.4. The van der Waals surface area contributed by atoms with Crippen molar-refractivity contribution in [3.63, 3.8) is 0 Å². The van der Waals surface area contributed by atoms with Gasteiger partial charge in [-0.3, -0.25) is 0 Å². The molecule has 4 heteroatoms. The molecular weight excluding hydrogens is 160 g/mol. The van der Waals surface area contributed by atoms with E-state index < -0.39 is 0 Å². The van der Waals surface area contributed by atoms with Gasteiger partial charge in [0.2, 0.25) is 0 Å². The summed E-state index contributed by atoms with van der Waals surface area (Å²) >= 11 is 0. The van der Waals surface area contributed by atoms with Crippen LogP contribution in [0.15, 0.2) is 0 Å². The normalized spacial score (nSPS) is 9.00. The van der Waals surface area contributed by atoms with Gasteiger partial charge < -0.3 is 20.1 Å². The van der Waals surface area contributed by atoms with Crippen molar-refractivity contribution >= 4 is 0 Å². The molecular formula is C8H19O4. The average molecular weight is 179 g/mol. The number of hydrogen-bond acceptors (Lipinski definition) is 4. The van der Waals surface area contributed by atoms with Crippen LogP contribution in [-0.4, -0.2) is 48.4 Å². The molecule has 0 atom stereocenters. The fourth-order valence-electron chi connectivity index (χ4n) is 0.371. The predicted octanol–water partition coefficient (Wildman–Crippen LogP) is -0.419. The van der Waals surface area contributed by atoms with Gasteiger partial charge >= 0.3 is 0 Å². The molecule has 0 amide bonds. The van der Waals surface area contributed by atoms with Crippen LogP contribution in [-0.2, 0) is 4.74 Å². The summed E-state index contributed by atoms with van der Waals surface area (Å²) in [6.45, 7) is 4.70. The largest absolute Gasteiger partial charge is 0.394 e. The first-order chi connectivity index (χ1) is 5.83. The molecule has 12 heavy (non-hydrogen) atoms. The second kappa shape index (κ2) is 17.1. The Labute approximate surface area is 73.8 Å². The van der Waals surface area contributed by atoms with Crippen molar-refractivity contribution in [2.45, 2.75) is 12.8 Å². The molecule has 0 aromatic rings. The van der Waals surface area contributed by atoms with Gasteiger partial charge in [-0.15, -0.1) is 0 Å². The zero-order valence-electron chi connectivity index (χ0n) is 7.41. The van der Waals surface area contributed by atoms with Crippen molar-refractivity contribution < 1.29 is 20.1 Å². The van der Waals surface area contributed by atoms with E-state index in [0.29, 0.717) is 6.61 Å². The van der Waals surface area contributed by atoms with Crippen molar-refractivity contribution in [1.29, 1.82) is 0 Å². The van der Waals surface area contributed by atoms with Gasteiger partial charge in [0.05, 0.1) is 26.4 Å². The summed E-state index contributed by atoms with van der Waals surface area (Å²) in [7, 11) is 0. The highest BCUT2D eigenvalue weighted by Crippen LogP contribution is 1.85. The third-order valence-corrected chi connectivity index (χ3v) is 0.874. The smallest absolute Gasteiger partial charge is 0.0697 e. The third kappa shape index (κ3) is 22.5. The zero-order chi connectivity index (χ0) is 9.66. The van der Waals surface area contributed by atoms with Crippen molar-refractivity contribution in [3.8, 4) is 0 Å². The number of unbranched alkanes of at least 4 members (excludes halogenated alkanes) is 1. The molecule has 0 bridgehead atoms. The van der Waals surface area contributed by atoms with E-state index in [9.17, 15) is 0 Å². The minimum atomic E-state index is -0.125. The summed E-state index contributed by atoms with van der Waals surface area (Å²) in [6.07, 6.45) is 1.89. The Morgan fingerprint density at radius 1 is 0.917 bits per heavy atom. The summed E-state index contributed by atoms with van der Waals surface area (Å²) in [5.74, 6) is 0. The maximum atomic E-state index is 8.22. The molecule has 0 aromatic carbocycles. The summed E-state index contributed by atoms with van der Waals surface area (Å²) in [5, 5.41) is 23.5. The van der Waals surface area contributed by atoms with E-state index in [1.807, 2.05) is 0 Å². The topological polar surface area (TPSA) is 69.9 Å². The lowest BCUT2D eigenvalue weighted by Gasteiger charge is -1.97. The van der Waals surface area contributed by atoms with Gasteiger partial charge in [-0.05, 0) is 6.42 Å². The van der Waals surface area contributed by atoms with Gasteiger partial charge in [0.25, 0.3) is 0 Å². The van der Waals surface area contributed by atoms with Crippen molar-refractivity contribution in [3.05, 3.63) is 6.92 Å². The molecule has 0 aliphatic rings. The van der Waals surface area contributed by atoms with E-state index in [-0.39, 0.29) is 19.8 Å². The fraction of sp³-hybridized carbons (Fsp3) is 0.875. The summed E-state index contributed by atoms with van der Waals surface area (Å²) in [5.41, 5.74) is 0. The average Bonchev–Trinajstić information content (AvgIpc) is 2.13. The van der Waals surface area contributed by atoms with Gasteiger partial charge in [-0.2, -0.15) is 0 Å². The van der Waals surface area contributed by atoms with E-state index in [0.717, 1.165) is 19.4 Å². The molecule has 0 saturated carbocycles. The predicted molar refractivity (Wildman–Crippen MR) is 46.7 cm³/mol. The first kappa shape index (κ1) is 14.4. The van der Waals surface area contributed by atoms with E-state index in [2.05, 4.69) is 6.92 Å². The Bertz CT molecular complexity index is 51.0. The number of ether oxygens (including phenoxy) is 1. The minimum absolute atomic E-state index is 0.122. The fourth-order valence-corrected chi connectivity index (χ4v) is 0.371. The Balaban J connectivity index is 0. The standard InChI is InChI=1S/C6H13O2.C2H6O2/c1-2-3-5-8-6-4-7;3-1-2-4/h7H,1-6H2;3-4H,1-2H2. The molecule has 1 radical (unpaired) electrons. The van der Waals surface area contributed by atoms with Gasteiger partial charge in [0, 0.05) is 6.61 Å². The van der Waals surface area contributed by atoms with Crippen LogP contribution in [0.5, 0.6) is 0 Å². The minimum Gasteiger partial charge on any atom is -0.394 e. The van der Waals surface area contributed by atoms with Crippen LogP contribution in [0.4, 0.5) is 0 Å². The number of hydrogen-bond donors (Lipinski definition) is 3.